The van der Waals surface area contributed by atoms with E-state index in [4.69, 9.17) is 18.7 Å². The summed E-state index contributed by atoms with van der Waals surface area (Å²) < 4.78 is 21.9. The van der Waals surface area contributed by atoms with E-state index >= 15 is 0 Å². The summed E-state index contributed by atoms with van der Waals surface area (Å²) in [5, 5.41) is 4.15. The lowest BCUT2D eigenvalue weighted by Crippen LogP contribution is -2.36. The van der Waals surface area contributed by atoms with Crippen LogP contribution in [0.2, 0.25) is 0 Å². The van der Waals surface area contributed by atoms with Crippen LogP contribution in [0.3, 0.4) is 0 Å². The minimum absolute atomic E-state index is 0.0778. The van der Waals surface area contributed by atoms with Crippen molar-refractivity contribution in [3.05, 3.63) is 30.0 Å². The van der Waals surface area contributed by atoms with Crippen LogP contribution >= 0.6 is 0 Å². The summed E-state index contributed by atoms with van der Waals surface area (Å²) in [5.41, 5.74) is 1.44. The molecule has 0 radical (unpaired) electrons. The van der Waals surface area contributed by atoms with E-state index in [1.54, 1.807) is 19.1 Å². The third-order valence-corrected chi connectivity index (χ3v) is 4.69. The smallest absolute Gasteiger partial charge is 0.222 e. The van der Waals surface area contributed by atoms with Crippen LogP contribution in [0.1, 0.15) is 31.9 Å². The fourth-order valence-electron chi connectivity index (χ4n) is 3.23. The monoisotopic (exact) mass is 374 g/mol. The molecule has 1 aliphatic rings. The van der Waals surface area contributed by atoms with Gasteiger partial charge in [0.15, 0.2) is 5.76 Å². The highest BCUT2D eigenvalue weighted by molar-refractivity contribution is 5.76. The molecule has 0 N–H and O–H groups in total. The average Bonchev–Trinajstić information content (AvgIpc) is 3.38. The van der Waals surface area contributed by atoms with Gasteiger partial charge in [-0.15, -0.1) is 0 Å². The summed E-state index contributed by atoms with van der Waals surface area (Å²) in [6, 6.07) is 7.32. The van der Waals surface area contributed by atoms with Crippen LogP contribution in [0, 0.1) is 0 Å². The minimum atomic E-state index is 0.0778. The molecule has 1 fully saturated rings. The molecular weight excluding hydrogens is 348 g/mol. The zero-order valence-electron chi connectivity index (χ0n) is 16.1. The first-order valence-electron chi connectivity index (χ1n) is 9.22. The minimum Gasteiger partial charge on any atom is -0.497 e. The zero-order valence-corrected chi connectivity index (χ0v) is 16.1. The predicted molar refractivity (Wildman–Crippen MR) is 99.7 cm³/mol. The number of rotatable bonds is 8. The number of carbonyl (C=O) groups is 1. The third-order valence-electron chi connectivity index (χ3n) is 4.69. The normalized spacial score (nSPS) is 16.3. The molecule has 27 heavy (non-hydrogen) atoms. The highest BCUT2D eigenvalue weighted by Gasteiger charge is 2.23. The van der Waals surface area contributed by atoms with E-state index < -0.39 is 0 Å². The molecule has 3 rings (SSSR count). The fraction of sp³-hybridized carbons (Fsp3) is 0.500. The summed E-state index contributed by atoms with van der Waals surface area (Å²) >= 11 is 0. The van der Waals surface area contributed by atoms with E-state index in [-0.39, 0.29) is 12.0 Å². The molecule has 7 heteroatoms. The van der Waals surface area contributed by atoms with Crippen LogP contribution in [0.15, 0.2) is 28.8 Å². The van der Waals surface area contributed by atoms with Gasteiger partial charge in [0, 0.05) is 25.6 Å². The lowest BCUT2D eigenvalue weighted by molar-refractivity contribution is -0.133. The van der Waals surface area contributed by atoms with Gasteiger partial charge in [0.2, 0.25) is 5.91 Å². The lowest BCUT2D eigenvalue weighted by Gasteiger charge is -2.24. The van der Waals surface area contributed by atoms with Gasteiger partial charge in [-0.25, -0.2) is 0 Å². The first-order chi connectivity index (χ1) is 13.1. The number of ether oxygens (including phenoxy) is 3. The van der Waals surface area contributed by atoms with Crippen molar-refractivity contribution in [1.29, 1.82) is 0 Å². The van der Waals surface area contributed by atoms with E-state index in [0.717, 1.165) is 25.0 Å². The summed E-state index contributed by atoms with van der Waals surface area (Å²) in [4.78, 5) is 14.1. The van der Waals surface area contributed by atoms with Crippen molar-refractivity contribution in [3.63, 3.8) is 0 Å². The zero-order chi connectivity index (χ0) is 19.2. The number of carbonyl (C=O) groups excluding carboxylic acids is 1. The van der Waals surface area contributed by atoms with Crippen molar-refractivity contribution in [1.82, 2.24) is 10.1 Å². The van der Waals surface area contributed by atoms with Gasteiger partial charge in [-0.1, -0.05) is 12.1 Å². The second-order valence-electron chi connectivity index (χ2n) is 6.51. The van der Waals surface area contributed by atoms with E-state index in [9.17, 15) is 4.79 Å². The number of hydrogen-bond acceptors (Lipinski definition) is 6. The van der Waals surface area contributed by atoms with E-state index in [1.165, 1.54) is 0 Å². The Morgan fingerprint density at radius 1 is 1.30 bits per heavy atom. The molecular formula is C20H26N2O5. The molecule has 0 spiro atoms. The Morgan fingerprint density at radius 3 is 2.81 bits per heavy atom. The Morgan fingerprint density at radius 2 is 2.15 bits per heavy atom. The van der Waals surface area contributed by atoms with Crippen LogP contribution in [0.25, 0.3) is 11.3 Å². The van der Waals surface area contributed by atoms with Crippen molar-refractivity contribution in [3.8, 4) is 22.8 Å². The molecule has 2 heterocycles. The SMILES string of the molecule is CCC(=O)N(Cc1cc(-c2cc(OC)ccc2OC)on1)CC1CCCO1. The quantitative estimate of drug-likeness (QED) is 0.706. The van der Waals surface area contributed by atoms with Crippen LogP contribution < -0.4 is 9.47 Å². The van der Waals surface area contributed by atoms with Crippen LogP contribution in [-0.4, -0.2) is 49.4 Å². The van der Waals surface area contributed by atoms with Gasteiger partial charge in [0.25, 0.3) is 0 Å². The van der Waals surface area contributed by atoms with Gasteiger partial charge >= 0.3 is 0 Å². The van der Waals surface area contributed by atoms with Crippen LogP contribution in [-0.2, 0) is 16.1 Å². The van der Waals surface area contributed by atoms with Crippen molar-refractivity contribution in [2.45, 2.75) is 38.8 Å². The third kappa shape index (κ3) is 4.60. The van der Waals surface area contributed by atoms with E-state index in [2.05, 4.69) is 5.16 Å². The molecule has 1 aromatic carbocycles. The number of aromatic nitrogens is 1. The summed E-state index contributed by atoms with van der Waals surface area (Å²) in [5.74, 6) is 2.01. The van der Waals surface area contributed by atoms with Gasteiger partial charge < -0.3 is 23.6 Å². The van der Waals surface area contributed by atoms with E-state index in [1.807, 2.05) is 31.2 Å². The number of benzene rings is 1. The summed E-state index contributed by atoms with van der Waals surface area (Å²) in [6.45, 7) is 3.60. The molecule has 2 aromatic rings. The first-order valence-corrected chi connectivity index (χ1v) is 9.22. The van der Waals surface area contributed by atoms with Crippen molar-refractivity contribution in [2.75, 3.05) is 27.4 Å². The second-order valence-corrected chi connectivity index (χ2v) is 6.51. The first kappa shape index (κ1) is 19.2. The van der Waals surface area contributed by atoms with Crippen LogP contribution in [0.5, 0.6) is 11.5 Å². The fourth-order valence-corrected chi connectivity index (χ4v) is 3.23. The lowest BCUT2D eigenvalue weighted by atomic mass is 10.1. The van der Waals surface area contributed by atoms with Crippen LogP contribution in [0.4, 0.5) is 0 Å². The summed E-state index contributed by atoms with van der Waals surface area (Å²) in [7, 11) is 3.21. The number of methoxy groups -OCH3 is 2. The second kappa shape index (κ2) is 8.90. The van der Waals surface area contributed by atoms with E-state index in [0.29, 0.717) is 42.5 Å². The molecule has 1 amide bonds. The molecule has 0 bridgehead atoms. The maximum atomic E-state index is 12.3. The number of amides is 1. The Hall–Kier alpha value is -2.54. The van der Waals surface area contributed by atoms with Gasteiger partial charge in [0.1, 0.15) is 17.2 Å². The van der Waals surface area contributed by atoms with Crippen molar-refractivity contribution < 1.29 is 23.5 Å². The Balaban J connectivity index is 1.78. The largest absolute Gasteiger partial charge is 0.497 e. The molecule has 0 aliphatic carbocycles. The standard InChI is InChI=1S/C20H26N2O5/c1-4-20(23)22(13-16-6-5-9-26-16)12-14-10-19(27-21-14)17-11-15(24-2)7-8-18(17)25-3/h7-8,10-11,16H,4-6,9,12-13H2,1-3H3. The molecule has 1 unspecified atom stereocenters. The number of hydrogen-bond donors (Lipinski definition) is 0. The Bertz CT molecular complexity index is 767. The molecule has 0 saturated carbocycles. The van der Waals surface area contributed by atoms with Gasteiger partial charge in [0.05, 0.1) is 32.4 Å². The predicted octanol–water partition coefficient (Wildman–Crippen LogP) is 3.28. The summed E-state index contributed by atoms with van der Waals surface area (Å²) in [6.07, 6.45) is 2.58. The molecule has 1 atom stereocenters. The highest BCUT2D eigenvalue weighted by Crippen LogP contribution is 2.34. The molecule has 1 aliphatic heterocycles. The topological polar surface area (TPSA) is 74.0 Å². The van der Waals surface area contributed by atoms with Crippen molar-refractivity contribution in [2.24, 2.45) is 0 Å². The maximum Gasteiger partial charge on any atom is 0.222 e. The van der Waals surface area contributed by atoms with Crippen molar-refractivity contribution >= 4 is 5.91 Å². The molecule has 1 aromatic heterocycles. The van der Waals surface area contributed by atoms with Gasteiger partial charge in [-0.3, -0.25) is 4.79 Å². The number of nitrogens with zero attached hydrogens (tertiary/aromatic N) is 2. The Labute approximate surface area is 159 Å². The average molecular weight is 374 g/mol. The van der Waals surface area contributed by atoms with Gasteiger partial charge in [-0.2, -0.15) is 0 Å². The maximum absolute atomic E-state index is 12.3. The molecule has 1 saturated heterocycles. The Kier molecular flexibility index (Phi) is 6.34. The highest BCUT2D eigenvalue weighted by atomic mass is 16.5. The molecule has 7 nitrogen and oxygen atoms in total. The van der Waals surface area contributed by atoms with Gasteiger partial charge in [-0.05, 0) is 31.0 Å². The molecule has 146 valence electrons.